The van der Waals surface area contributed by atoms with Crippen molar-refractivity contribution in [2.45, 2.75) is 6.54 Å². The molecule has 0 aliphatic heterocycles. The van der Waals surface area contributed by atoms with Gasteiger partial charge in [-0.2, -0.15) is 0 Å². The average molecular weight is 826 g/mol. The van der Waals surface area contributed by atoms with E-state index in [1.54, 1.807) is 6.07 Å². The van der Waals surface area contributed by atoms with Crippen LogP contribution in [0.2, 0.25) is 0 Å². The van der Waals surface area contributed by atoms with E-state index in [0.717, 1.165) is 61.0 Å². The SMILES string of the molecule is C=N/C(=N\C(=N/Cc1ccccc1)c1ccccc1)c1cc(F)cc(-c2cccc3c2c2ccccc2n3-c2ccc(-c3ccc4c(c3)c3ccccc3n4-c3ccccc3)cc2)c1. The molecule has 0 bridgehead atoms. The maximum atomic E-state index is 15.9. The second-order valence-corrected chi connectivity index (χ2v) is 15.8. The van der Waals surface area contributed by atoms with Crippen LogP contribution in [0.4, 0.5) is 4.39 Å². The molecule has 304 valence electrons. The second kappa shape index (κ2) is 16.4. The highest BCUT2D eigenvalue weighted by Crippen LogP contribution is 2.40. The van der Waals surface area contributed by atoms with E-state index in [1.165, 1.54) is 27.9 Å². The number of aliphatic imine (C=N–C) groups is 3. The molecule has 11 rings (SSSR count). The zero-order valence-electron chi connectivity index (χ0n) is 34.8. The van der Waals surface area contributed by atoms with Gasteiger partial charge < -0.3 is 9.13 Å². The first-order valence-corrected chi connectivity index (χ1v) is 21.3. The van der Waals surface area contributed by atoms with E-state index in [0.29, 0.717) is 23.5 Å². The third-order valence-electron chi connectivity index (χ3n) is 12.0. The summed E-state index contributed by atoms with van der Waals surface area (Å²) >= 11 is 0. The zero-order valence-corrected chi connectivity index (χ0v) is 34.8. The van der Waals surface area contributed by atoms with Gasteiger partial charge in [-0.15, -0.1) is 0 Å². The third kappa shape index (κ3) is 6.97. The molecule has 0 atom stereocenters. The number of hydrogen-bond acceptors (Lipinski definition) is 1. The second-order valence-electron chi connectivity index (χ2n) is 15.8. The molecule has 0 radical (unpaired) electrons. The Morgan fingerprint density at radius 1 is 0.438 bits per heavy atom. The number of aromatic nitrogens is 2. The number of para-hydroxylation sites is 3. The van der Waals surface area contributed by atoms with Crippen molar-refractivity contribution in [2.24, 2.45) is 15.0 Å². The summed E-state index contributed by atoms with van der Waals surface area (Å²) in [6.45, 7) is 4.29. The lowest BCUT2D eigenvalue weighted by Crippen LogP contribution is -2.06. The molecule has 0 aliphatic rings. The largest absolute Gasteiger partial charge is 0.309 e. The van der Waals surface area contributed by atoms with Crippen LogP contribution in [0.15, 0.2) is 233 Å². The van der Waals surface area contributed by atoms with Gasteiger partial charge in [0.2, 0.25) is 0 Å². The molecular formula is C58H40FN5. The fourth-order valence-electron chi connectivity index (χ4n) is 9.04. The normalized spacial score (nSPS) is 12.1. The molecule has 0 fully saturated rings. The standard InChI is InChI=1S/C58H40FN5/c1-60-57(62-58(41-18-7-3-8-19-41)61-38-39-16-5-2-6-17-39)44-34-43(35-45(59)36-44)48-24-15-27-55-56(48)50-23-12-14-26-53(50)64(55)47-31-28-40(29-32-47)42-30-33-54-51(37-42)49-22-11-13-25-52(49)63(54)46-20-9-4-10-21-46/h2-37H,1,38H2/b61-58-,62-57-. The molecule has 11 aromatic rings. The molecule has 0 saturated heterocycles. The molecular weight excluding hydrogens is 786 g/mol. The van der Waals surface area contributed by atoms with Crippen molar-refractivity contribution in [2.75, 3.05) is 0 Å². The van der Waals surface area contributed by atoms with Gasteiger partial charge in [0.25, 0.3) is 0 Å². The van der Waals surface area contributed by atoms with Gasteiger partial charge >= 0.3 is 0 Å². The highest BCUT2D eigenvalue weighted by molar-refractivity contribution is 6.17. The van der Waals surface area contributed by atoms with Gasteiger partial charge in [0.15, 0.2) is 11.7 Å². The Kier molecular flexibility index (Phi) is 9.86. The lowest BCUT2D eigenvalue weighted by atomic mass is 9.97. The van der Waals surface area contributed by atoms with Gasteiger partial charge in [-0.05, 0) is 107 Å². The first kappa shape index (κ1) is 38.4. The molecule has 5 nitrogen and oxygen atoms in total. The van der Waals surface area contributed by atoms with Crippen LogP contribution in [-0.4, -0.2) is 27.5 Å². The smallest absolute Gasteiger partial charge is 0.161 e. The van der Waals surface area contributed by atoms with Crippen molar-refractivity contribution < 1.29 is 4.39 Å². The monoisotopic (exact) mass is 825 g/mol. The van der Waals surface area contributed by atoms with E-state index in [1.807, 2.05) is 72.8 Å². The summed E-state index contributed by atoms with van der Waals surface area (Å²) in [6, 6.07) is 74.1. The topological polar surface area (TPSA) is 46.9 Å². The van der Waals surface area contributed by atoms with E-state index in [4.69, 9.17) is 9.98 Å². The van der Waals surface area contributed by atoms with E-state index in [-0.39, 0.29) is 5.84 Å². The number of rotatable bonds is 8. The fraction of sp³-hybridized carbons (Fsp3) is 0.0172. The Morgan fingerprint density at radius 2 is 1.03 bits per heavy atom. The predicted octanol–water partition coefficient (Wildman–Crippen LogP) is 14.4. The van der Waals surface area contributed by atoms with Crippen molar-refractivity contribution >= 4 is 62.0 Å². The molecule has 6 heteroatoms. The number of halogens is 1. The van der Waals surface area contributed by atoms with Crippen molar-refractivity contribution in [3.63, 3.8) is 0 Å². The lowest BCUT2D eigenvalue weighted by molar-refractivity contribution is 0.628. The fourth-order valence-corrected chi connectivity index (χ4v) is 9.04. The van der Waals surface area contributed by atoms with Crippen LogP contribution in [0.1, 0.15) is 16.7 Å². The minimum Gasteiger partial charge on any atom is -0.309 e. The number of benzene rings is 9. The molecule has 0 aliphatic carbocycles. The third-order valence-corrected chi connectivity index (χ3v) is 12.0. The molecule has 9 aromatic carbocycles. The Labute approximate surface area is 370 Å². The highest BCUT2D eigenvalue weighted by Gasteiger charge is 2.19. The van der Waals surface area contributed by atoms with Gasteiger partial charge in [-0.1, -0.05) is 146 Å². The summed E-state index contributed by atoms with van der Waals surface area (Å²) in [5.74, 6) is 0.378. The number of hydrogen-bond donors (Lipinski definition) is 0. The summed E-state index contributed by atoms with van der Waals surface area (Å²) in [5.41, 5.74) is 12.9. The van der Waals surface area contributed by atoms with Crippen molar-refractivity contribution in [1.29, 1.82) is 0 Å². The predicted molar refractivity (Wildman–Crippen MR) is 265 cm³/mol. The minimum atomic E-state index is -0.398. The Hall–Kier alpha value is -8.48. The van der Waals surface area contributed by atoms with E-state index in [9.17, 15) is 0 Å². The average Bonchev–Trinajstić information content (AvgIpc) is 3.87. The van der Waals surface area contributed by atoms with E-state index >= 15 is 4.39 Å². The zero-order chi connectivity index (χ0) is 43.0. The van der Waals surface area contributed by atoms with Gasteiger partial charge in [-0.25, -0.2) is 14.4 Å². The first-order valence-electron chi connectivity index (χ1n) is 21.3. The Bertz CT molecular complexity index is 3580. The summed E-state index contributed by atoms with van der Waals surface area (Å²) in [4.78, 5) is 14.1. The first-order chi connectivity index (χ1) is 31.6. The van der Waals surface area contributed by atoms with Crippen LogP contribution in [-0.2, 0) is 6.54 Å². The van der Waals surface area contributed by atoms with Crippen LogP contribution >= 0.6 is 0 Å². The maximum absolute atomic E-state index is 15.9. The molecule has 0 unspecified atom stereocenters. The summed E-state index contributed by atoms with van der Waals surface area (Å²) in [6.07, 6.45) is 0. The summed E-state index contributed by atoms with van der Waals surface area (Å²) in [5, 5.41) is 4.53. The summed E-state index contributed by atoms with van der Waals surface area (Å²) in [7, 11) is 0. The highest BCUT2D eigenvalue weighted by atomic mass is 19.1. The Balaban J connectivity index is 0.984. The maximum Gasteiger partial charge on any atom is 0.161 e. The number of nitrogens with zero attached hydrogens (tertiary/aromatic N) is 5. The number of fused-ring (bicyclic) bond motifs is 6. The quantitative estimate of drug-likeness (QED) is 0.108. The molecule has 64 heavy (non-hydrogen) atoms. The van der Waals surface area contributed by atoms with Gasteiger partial charge in [0.1, 0.15) is 5.82 Å². The lowest BCUT2D eigenvalue weighted by Gasteiger charge is -2.11. The van der Waals surface area contributed by atoms with Gasteiger partial charge in [-0.3, -0.25) is 4.99 Å². The van der Waals surface area contributed by atoms with E-state index in [2.05, 4.69) is 154 Å². The van der Waals surface area contributed by atoms with Gasteiger partial charge in [0.05, 0.1) is 28.6 Å². The molecule has 0 spiro atoms. The van der Waals surface area contributed by atoms with Crippen LogP contribution in [0, 0.1) is 5.82 Å². The van der Waals surface area contributed by atoms with Crippen molar-refractivity contribution in [1.82, 2.24) is 9.13 Å². The molecule has 0 N–H and O–H groups in total. The molecule has 2 aromatic heterocycles. The van der Waals surface area contributed by atoms with E-state index < -0.39 is 5.82 Å². The number of amidine groups is 2. The van der Waals surface area contributed by atoms with Gasteiger partial charge in [0, 0.05) is 44.0 Å². The minimum absolute atomic E-state index is 0.284. The van der Waals surface area contributed by atoms with Crippen LogP contribution < -0.4 is 0 Å². The van der Waals surface area contributed by atoms with Crippen LogP contribution in [0.25, 0.3) is 77.2 Å². The molecule has 0 saturated carbocycles. The Morgan fingerprint density at radius 3 is 1.78 bits per heavy atom. The molecule has 2 heterocycles. The van der Waals surface area contributed by atoms with Crippen LogP contribution in [0.3, 0.4) is 0 Å². The van der Waals surface area contributed by atoms with Crippen LogP contribution in [0.5, 0.6) is 0 Å². The van der Waals surface area contributed by atoms with Crippen molar-refractivity contribution in [3.05, 3.63) is 241 Å². The van der Waals surface area contributed by atoms with Crippen molar-refractivity contribution in [3.8, 4) is 33.6 Å². The summed E-state index contributed by atoms with van der Waals surface area (Å²) < 4.78 is 20.5. The molecule has 0 amide bonds.